The zero-order chi connectivity index (χ0) is 19.2. The van der Waals surface area contributed by atoms with Crippen LogP contribution < -0.4 is 10.1 Å². The number of carbonyl (C=O) groups excluding carboxylic acids is 1. The summed E-state index contributed by atoms with van der Waals surface area (Å²) in [5.74, 6) is 0.707. The summed E-state index contributed by atoms with van der Waals surface area (Å²) in [7, 11) is 0. The summed E-state index contributed by atoms with van der Waals surface area (Å²) in [4.78, 5) is 16.9. The summed E-state index contributed by atoms with van der Waals surface area (Å²) in [6.45, 7) is 10.3. The average Bonchev–Trinajstić information content (AvgIpc) is 2.65. The number of piperazine rings is 1. The van der Waals surface area contributed by atoms with Gasteiger partial charge in [0.05, 0.1) is 11.8 Å². The van der Waals surface area contributed by atoms with E-state index in [1.54, 1.807) is 0 Å². The van der Waals surface area contributed by atoms with Gasteiger partial charge in [-0.25, -0.2) is 4.79 Å². The third-order valence-corrected chi connectivity index (χ3v) is 4.81. The first kappa shape index (κ1) is 19.2. The lowest BCUT2D eigenvalue weighted by Gasteiger charge is -2.35. The van der Waals surface area contributed by atoms with Gasteiger partial charge in [-0.1, -0.05) is 36.4 Å². The zero-order valence-corrected chi connectivity index (χ0v) is 16.4. The van der Waals surface area contributed by atoms with Crippen LogP contribution in [0.2, 0.25) is 0 Å². The predicted octanol–water partition coefficient (Wildman–Crippen LogP) is 4.13. The standard InChI is InChI=1S/C22H29N3O2/c1-17(2)27-21-11-7-6-10-20(21)23-22(26)25-14-12-24(13-15-25)16-19-9-5-4-8-18(19)3/h4-11,17H,12-16H2,1-3H3,(H,23,26). The molecule has 0 radical (unpaired) electrons. The van der Waals surface area contributed by atoms with Gasteiger partial charge in [0.25, 0.3) is 0 Å². The van der Waals surface area contributed by atoms with Crippen molar-refractivity contribution in [3.63, 3.8) is 0 Å². The Morgan fingerprint density at radius 3 is 2.41 bits per heavy atom. The molecule has 0 unspecified atom stereocenters. The molecule has 144 valence electrons. The van der Waals surface area contributed by atoms with Crippen molar-refractivity contribution in [1.82, 2.24) is 9.80 Å². The maximum absolute atomic E-state index is 12.7. The lowest BCUT2D eigenvalue weighted by Crippen LogP contribution is -2.49. The van der Waals surface area contributed by atoms with Crippen molar-refractivity contribution in [2.75, 3.05) is 31.5 Å². The molecule has 1 saturated heterocycles. The molecule has 0 aromatic heterocycles. The third kappa shape index (κ3) is 5.23. The molecular weight excluding hydrogens is 338 g/mol. The van der Waals surface area contributed by atoms with Crippen LogP contribution in [0.5, 0.6) is 5.75 Å². The van der Waals surface area contributed by atoms with Gasteiger partial charge in [-0.2, -0.15) is 0 Å². The van der Waals surface area contributed by atoms with E-state index in [0.717, 1.165) is 38.4 Å². The highest BCUT2D eigenvalue weighted by Crippen LogP contribution is 2.25. The Morgan fingerprint density at radius 2 is 1.70 bits per heavy atom. The largest absolute Gasteiger partial charge is 0.489 e. The van der Waals surface area contributed by atoms with E-state index in [1.807, 2.05) is 43.0 Å². The lowest BCUT2D eigenvalue weighted by atomic mass is 10.1. The summed E-state index contributed by atoms with van der Waals surface area (Å²) >= 11 is 0. The maximum Gasteiger partial charge on any atom is 0.322 e. The number of amides is 2. The Morgan fingerprint density at radius 1 is 1.04 bits per heavy atom. The zero-order valence-electron chi connectivity index (χ0n) is 16.4. The minimum atomic E-state index is -0.0645. The van der Waals surface area contributed by atoms with Crippen LogP contribution in [0.4, 0.5) is 10.5 Å². The van der Waals surface area contributed by atoms with Gasteiger partial charge in [0, 0.05) is 32.7 Å². The normalized spacial score (nSPS) is 15.0. The van der Waals surface area contributed by atoms with Crippen LogP contribution in [-0.4, -0.2) is 48.1 Å². The van der Waals surface area contributed by atoms with Gasteiger partial charge in [-0.05, 0) is 44.0 Å². The number of aryl methyl sites for hydroxylation is 1. The SMILES string of the molecule is Cc1ccccc1CN1CCN(C(=O)Nc2ccccc2OC(C)C)CC1. The minimum absolute atomic E-state index is 0.0630. The first-order valence-electron chi connectivity index (χ1n) is 9.61. The molecule has 1 aliphatic rings. The van der Waals surface area contributed by atoms with E-state index in [-0.39, 0.29) is 12.1 Å². The summed E-state index contributed by atoms with van der Waals surface area (Å²) in [5, 5.41) is 3.00. The molecule has 2 aromatic rings. The van der Waals surface area contributed by atoms with Crippen LogP contribution in [-0.2, 0) is 6.54 Å². The summed E-state index contributed by atoms with van der Waals surface area (Å²) in [6.07, 6.45) is 0.0630. The van der Waals surface area contributed by atoms with Crippen molar-refractivity contribution >= 4 is 11.7 Å². The monoisotopic (exact) mass is 367 g/mol. The Kier molecular flexibility index (Phi) is 6.35. The highest BCUT2D eigenvalue weighted by Gasteiger charge is 2.22. The highest BCUT2D eigenvalue weighted by atomic mass is 16.5. The molecule has 0 spiro atoms. The number of para-hydroxylation sites is 2. The fourth-order valence-electron chi connectivity index (χ4n) is 3.26. The molecule has 3 rings (SSSR count). The Bertz CT molecular complexity index is 768. The molecule has 5 heteroatoms. The lowest BCUT2D eigenvalue weighted by molar-refractivity contribution is 0.142. The smallest absolute Gasteiger partial charge is 0.322 e. The first-order valence-corrected chi connectivity index (χ1v) is 9.61. The van der Waals surface area contributed by atoms with Crippen molar-refractivity contribution in [2.45, 2.75) is 33.4 Å². The highest BCUT2D eigenvalue weighted by molar-refractivity contribution is 5.91. The van der Waals surface area contributed by atoms with E-state index in [9.17, 15) is 4.79 Å². The van der Waals surface area contributed by atoms with Gasteiger partial charge in [-0.3, -0.25) is 4.90 Å². The summed E-state index contributed by atoms with van der Waals surface area (Å²) in [5.41, 5.74) is 3.40. The predicted molar refractivity (Wildman–Crippen MR) is 109 cm³/mol. The van der Waals surface area contributed by atoms with Crippen LogP contribution >= 0.6 is 0 Å². The van der Waals surface area contributed by atoms with Gasteiger partial charge in [-0.15, -0.1) is 0 Å². The number of hydrogen-bond acceptors (Lipinski definition) is 3. The second kappa shape index (κ2) is 8.91. The number of hydrogen-bond donors (Lipinski definition) is 1. The van der Waals surface area contributed by atoms with Gasteiger partial charge < -0.3 is 15.0 Å². The number of carbonyl (C=O) groups is 1. The number of nitrogens with one attached hydrogen (secondary N) is 1. The van der Waals surface area contributed by atoms with Gasteiger partial charge >= 0.3 is 6.03 Å². The molecule has 1 fully saturated rings. The van der Waals surface area contributed by atoms with Crippen LogP contribution in [0.3, 0.4) is 0 Å². The fraction of sp³-hybridized carbons (Fsp3) is 0.409. The second-order valence-corrected chi connectivity index (χ2v) is 7.28. The molecule has 1 heterocycles. The van der Waals surface area contributed by atoms with Crippen molar-refractivity contribution in [1.29, 1.82) is 0 Å². The molecule has 1 N–H and O–H groups in total. The molecule has 27 heavy (non-hydrogen) atoms. The van der Waals surface area contributed by atoms with Gasteiger partial charge in [0.1, 0.15) is 5.75 Å². The second-order valence-electron chi connectivity index (χ2n) is 7.28. The van der Waals surface area contributed by atoms with E-state index in [1.165, 1.54) is 11.1 Å². The van der Waals surface area contributed by atoms with Crippen molar-refractivity contribution in [2.24, 2.45) is 0 Å². The molecule has 0 atom stereocenters. The minimum Gasteiger partial charge on any atom is -0.489 e. The van der Waals surface area contributed by atoms with Crippen molar-refractivity contribution < 1.29 is 9.53 Å². The quantitative estimate of drug-likeness (QED) is 0.864. The molecule has 5 nitrogen and oxygen atoms in total. The van der Waals surface area contributed by atoms with Crippen LogP contribution in [0.25, 0.3) is 0 Å². The Hall–Kier alpha value is -2.53. The van der Waals surface area contributed by atoms with Crippen molar-refractivity contribution in [3.05, 3.63) is 59.7 Å². The van der Waals surface area contributed by atoms with E-state index in [0.29, 0.717) is 5.75 Å². The average molecular weight is 367 g/mol. The van der Waals surface area contributed by atoms with Crippen LogP contribution in [0.15, 0.2) is 48.5 Å². The molecule has 0 bridgehead atoms. The number of benzene rings is 2. The van der Waals surface area contributed by atoms with Crippen LogP contribution in [0.1, 0.15) is 25.0 Å². The molecule has 0 saturated carbocycles. The topological polar surface area (TPSA) is 44.8 Å². The number of ether oxygens (including phenoxy) is 1. The molecule has 2 amide bonds. The number of anilines is 1. The fourth-order valence-corrected chi connectivity index (χ4v) is 3.26. The Labute approximate surface area is 161 Å². The van der Waals surface area contributed by atoms with E-state index in [4.69, 9.17) is 4.74 Å². The maximum atomic E-state index is 12.7. The number of rotatable bonds is 5. The number of urea groups is 1. The van der Waals surface area contributed by atoms with Crippen LogP contribution in [0, 0.1) is 6.92 Å². The number of nitrogens with zero attached hydrogens (tertiary/aromatic N) is 2. The first-order chi connectivity index (χ1) is 13.0. The Balaban J connectivity index is 1.54. The summed E-state index contributed by atoms with van der Waals surface area (Å²) < 4.78 is 5.79. The van der Waals surface area contributed by atoms with E-state index < -0.39 is 0 Å². The molecule has 2 aromatic carbocycles. The summed E-state index contributed by atoms with van der Waals surface area (Å²) in [6, 6.07) is 16.0. The van der Waals surface area contributed by atoms with Crippen molar-refractivity contribution in [3.8, 4) is 5.75 Å². The van der Waals surface area contributed by atoms with Gasteiger partial charge in [0.15, 0.2) is 0 Å². The van der Waals surface area contributed by atoms with E-state index >= 15 is 0 Å². The molecule has 0 aliphatic carbocycles. The molecule has 1 aliphatic heterocycles. The third-order valence-electron chi connectivity index (χ3n) is 4.81. The van der Waals surface area contributed by atoms with E-state index in [2.05, 4.69) is 41.4 Å². The van der Waals surface area contributed by atoms with Gasteiger partial charge in [0.2, 0.25) is 0 Å². The molecular formula is C22H29N3O2.